The highest BCUT2D eigenvalue weighted by Crippen LogP contribution is 2.25. The molecule has 2 aromatic rings. The van der Waals surface area contributed by atoms with Gasteiger partial charge in [-0.1, -0.05) is 0 Å². The molecule has 1 aliphatic rings. The van der Waals surface area contributed by atoms with Gasteiger partial charge in [-0.25, -0.2) is 0 Å². The summed E-state index contributed by atoms with van der Waals surface area (Å²) in [6, 6.07) is 11.0. The van der Waals surface area contributed by atoms with E-state index in [0.29, 0.717) is 12.3 Å². The number of aromatic nitrogens is 1. The Morgan fingerprint density at radius 3 is 2.77 bits per heavy atom. The van der Waals surface area contributed by atoms with E-state index < -0.39 is 0 Å². The number of carbonyl (C=O) groups excluding carboxylic acids is 1. The van der Waals surface area contributed by atoms with E-state index in [-0.39, 0.29) is 12.5 Å². The van der Waals surface area contributed by atoms with Crippen LogP contribution < -0.4 is 14.4 Å². The second-order valence-corrected chi connectivity index (χ2v) is 5.08. The average molecular weight is 298 g/mol. The summed E-state index contributed by atoms with van der Waals surface area (Å²) in [4.78, 5) is 18.5. The van der Waals surface area contributed by atoms with Crippen LogP contribution in [0.4, 0.5) is 5.69 Å². The molecule has 0 fully saturated rings. The third-order valence-corrected chi connectivity index (χ3v) is 3.68. The number of pyridine rings is 1. The molecule has 5 nitrogen and oxygen atoms in total. The topological polar surface area (TPSA) is 51.7 Å². The highest BCUT2D eigenvalue weighted by Gasteiger charge is 2.23. The highest BCUT2D eigenvalue weighted by atomic mass is 16.5. The van der Waals surface area contributed by atoms with E-state index in [1.54, 1.807) is 42.5 Å². The van der Waals surface area contributed by atoms with E-state index in [2.05, 4.69) is 4.98 Å². The second kappa shape index (κ2) is 6.47. The summed E-state index contributed by atoms with van der Waals surface area (Å²) < 4.78 is 10.7. The van der Waals surface area contributed by atoms with Gasteiger partial charge >= 0.3 is 0 Å². The van der Waals surface area contributed by atoms with Crippen LogP contribution >= 0.6 is 0 Å². The molecule has 22 heavy (non-hydrogen) atoms. The van der Waals surface area contributed by atoms with Crippen molar-refractivity contribution in [3.63, 3.8) is 0 Å². The maximum atomic E-state index is 12.4. The maximum absolute atomic E-state index is 12.4. The molecule has 0 bridgehead atoms. The van der Waals surface area contributed by atoms with Gasteiger partial charge in [0.1, 0.15) is 11.5 Å². The Kier molecular flexibility index (Phi) is 4.23. The lowest BCUT2D eigenvalue weighted by molar-refractivity contribution is -0.120. The van der Waals surface area contributed by atoms with Crippen LogP contribution in [0, 0.1) is 0 Å². The first-order valence-electron chi connectivity index (χ1n) is 7.29. The number of ether oxygens (including phenoxy) is 2. The first-order valence-corrected chi connectivity index (χ1v) is 7.29. The third-order valence-electron chi connectivity index (χ3n) is 3.68. The summed E-state index contributed by atoms with van der Waals surface area (Å²) in [6.45, 7) is 0.726. The van der Waals surface area contributed by atoms with E-state index >= 15 is 0 Å². The van der Waals surface area contributed by atoms with Gasteiger partial charge in [0.15, 0.2) is 6.61 Å². The van der Waals surface area contributed by atoms with Gasteiger partial charge in [-0.3, -0.25) is 9.78 Å². The molecule has 0 aliphatic carbocycles. The minimum Gasteiger partial charge on any atom is -0.497 e. The van der Waals surface area contributed by atoms with Gasteiger partial charge in [0.25, 0.3) is 5.91 Å². The predicted molar refractivity (Wildman–Crippen MR) is 83.4 cm³/mol. The second-order valence-electron chi connectivity index (χ2n) is 5.08. The zero-order valence-electron chi connectivity index (χ0n) is 12.5. The molecule has 2 heterocycles. The molecule has 0 saturated heterocycles. The lowest BCUT2D eigenvalue weighted by Crippen LogP contribution is -2.38. The van der Waals surface area contributed by atoms with Crippen LogP contribution in [-0.2, 0) is 11.2 Å². The SMILES string of the molecule is COc1ccc(OCC(=O)N2CCCc3ncccc32)cc1. The van der Waals surface area contributed by atoms with Crippen LogP contribution in [0.5, 0.6) is 11.5 Å². The molecule has 0 saturated carbocycles. The Hall–Kier alpha value is -2.56. The smallest absolute Gasteiger partial charge is 0.264 e. The van der Waals surface area contributed by atoms with Gasteiger partial charge in [-0.15, -0.1) is 0 Å². The molecule has 0 N–H and O–H groups in total. The number of carbonyl (C=O) groups is 1. The van der Waals surface area contributed by atoms with E-state index in [1.807, 2.05) is 12.1 Å². The average Bonchev–Trinajstić information content (AvgIpc) is 2.59. The molecule has 1 aromatic heterocycles. The fraction of sp³-hybridized carbons (Fsp3) is 0.294. The van der Waals surface area contributed by atoms with Crippen LogP contribution in [0.15, 0.2) is 42.6 Å². The Morgan fingerprint density at radius 1 is 1.23 bits per heavy atom. The van der Waals surface area contributed by atoms with Crippen molar-refractivity contribution in [2.24, 2.45) is 0 Å². The molecule has 114 valence electrons. The maximum Gasteiger partial charge on any atom is 0.264 e. The van der Waals surface area contributed by atoms with Gasteiger partial charge in [0, 0.05) is 12.7 Å². The molecule has 3 rings (SSSR count). The fourth-order valence-corrected chi connectivity index (χ4v) is 2.55. The van der Waals surface area contributed by atoms with E-state index in [9.17, 15) is 4.79 Å². The number of hydrogen-bond donors (Lipinski definition) is 0. The largest absolute Gasteiger partial charge is 0.497 e. The third kappa shape index (κ3) is 3.03. The van der Waals surface area contributed by atoms with Crippen molar-refractivity contribution in [2.45, 2.75) is 12.8 Å². The molecule has 5 heteroatoms. The zero-order chi connectivity index (χ0) is 15.4. The van der Waals surface area contributed by atoms with Gasteiger partial charge < -0.3 is 14.4 Å². The van der Waals surface area contributed by atoms with E-state index in [1.165, 1.54) is 0 Å². The van der Waals surface area contributed by atoms with Crippen molar-refractivity contribution in [1.82, 2.24) is 4.98 Å². The molecule has 0 unspecified atom stereocenters. The van der Waals surface area contributed by atoms with Gasteiger partial charge in [-0.05, 0) is 49.2 Å². The minimum absolute atomic E-state index is 0.0145. The molecule has 0 atom stereocenters. The van der Waals surface area contributed by atoms with Gasteiger partial charge in [0.05, 0.1) is 18.5 Å². The van der Waals surface area contributed by atoms with E-state index in [4.69, 9.17) is 9.47 Å². The van der Waals surface area contributed by atoms with Crippen molar-refractivity contribution in [2.75, 3.05) is 25.2 Å². The number of rotatable bonds is 4. The molecule has 1 aromatic carbocycles. The Labute approximate surface area is 129 Å². The Bertz CT molecular complexity index is 655. The summed E-state index contributed by atoms with van der Waals surface area (Å²) in [7, 11) is 1.61. The fourth-order valence-electron chi connectivity index (χ4n) is 2.55. The Morgan fingerprint density at radius 2 is 2.00 bits per heavy atom. The summed E-state index contributed by atoms with van der Waals surface area (Å²) >= 11 is 0. The number of hydrogen-bond acceptors (Lipinski definition) is 4. The molecule has 0 spiro atoms. The van der Waals surface area contributed by atoms with Crippen LogP contribution in [0.3, 0.4) is 0 Å². The van der Waals surface area contributed by atoms with Crippen LogP contribution in [0.2, 0.25) is 0 Å². The number of anilines is 1. The first-order chi connectivity index (χ1) is 10.8. The predicted octanol–water partition coefficient (Wildman–Crippen LogP) is 2.45. The van der Waals surface area contributed by atoms with Crippen molar-refractivity contribution in [3.8, 4) is 11.5 Å². The number of amides is 1. The molecule has 1 amide bonds. The molecular formula is C17H18N2O3. The lowest BCUT2D eigenvalue weighted by Gasteiger charge is -2.28. The van der Waals surface area contributed by atoms with Crippen molar-refractivity contribution < 1.29 is 14.3 Å². The summed E-state index contributed by atoms with van der Waals surface area (Å²) in [5.41, 5.74) is 1.88. The highest BCUT2D eigenvalue weighted by molar-refractivity contribution is 5.95. The van der Waals surface area contributed by atoms with Gasteiger partial charge in [0.2, 0.25) is 0 Å². The molecule has 0 radical (unpaired) electrons. The summed E-state index contributed by atoms with van der Waals surface area (Å²) in [6.07, 6.45) is 3.61. The number of methoxy groups -OCH3 is 1. The standard InChI is InChI=1S/C17H18N2O3/c1-21-13-6-8-14(9-7-13)22-12-17(20)19-11-3-4-15-16(19)5-2-10-18-15/h2,5-10H,3-4,11-12H2,1H3. The number of nitrogens with zero attached hydrogens (tertiary/aromatic N) is 2. The van der Waals surface area contributed by atoms with Crippen molar-refractivity contribution in [1.29, 1.82) is 0 Å². The summed E-state index contributed by atoms with van der Waals surface area (Å²) in [5.74, 6) is 1.36. The van der Waals surface area contributed by atoms with Crippen molar-refractivity contribution >= 4 is 11.6 Å². The van der Waals surface area contributed by atoms with Gasteiger partial charge in [-0.2, -0.15) is 0 Å². The van der Waals surface area contributed by atoms with Crippen LogP contribution in [0.1, 0.15) is 12.1 Å². The quantitative estimate of drug-likeness (QED) is 0.870. The zero-order valence-corrected chi connectivity index (χ0v) is 12.5. The number of benzene rings is 1. The Balaban J connectivity index is 1.65. The normalized spacial score (nSPS) is 13.4. The monoisotopic (exact) mass is 298 g/mol. The van der Waals surface area contributed by atoms with Crippen molar-refractivity contribution in [3.05, 3.63) is 48.3 Å². The van der Waals surface area contributed by atoms with E-state index in [0.717, 1.165) is 30.0 Å². The molecule has 1 aliphatic heterocycles. The van der Waals surface area contributed by atoms with Crippen LogP contribution in [0.25, 0.3) is 0 Å². The molecular weight excluding hydrogens is 280 g/mol. The number of fused-ring (bicyclic) bond motifs is 1. The summed E-state index contributed by atoms with van der Waals surface area (Å²) in [5, 5.41) is 0. The lowest BCUT2D eigenvalue weighted by atomic mass is 10.1. The number of aryl methyl sites for hydroxylation is 1. The minimum atomic E-state index is -0.0511. The first kappa shape index (κ1) is 14.4. The van der Waals surface area contributed by atoms with Crippen LogP contribution in [-0.4, -0.2) is 31.2 Å².